The molecule has 2 rings (SSSR count). The van der Waals surface area contributed by atoms with Gasteiger partial charge >= 0.3 is 0 Å². The Morgan fingerprint density at radius 3 is 2.80 bits per heavy atom. The third-order valence-corrected chi connectivity index (χ3v) is 3.21. The summed E-state index contributed by atoms with van der Waals surface area (Å²) in [6, 6.07) is 3.33. The number of pyridine rings is 1. The molecule has 0 aliphatic carbocycles. The average molecular weight is 247 g/mol. The van der Waals surface area contributed by atoms with Crippen LogP contribution in [0.25, 0.3) is 5.65 Å². The van der Waals surface area contributed by atoms with Crippen LogP contribution in [0, 0.1) is 0 Å². The Hall–Kier alpha value is -1.27. The van der Waals surface area contributed by atoms with Crippen LogP contribution in [0.1, 0.15) is 0 Å². The van der Waals surface area contributed by atoms with Gasteiger partial charge in [0.2, 0.25) is 0 Å². The van der Waals surface area contributed by atoms with Gasteiger partial charge in [0.1, 0.15) is 11.4 Å². The molecule has 2 aromatic rings. The van der Waals surface area contributed by atoms with Gasteiger partial charge < -0.3 is 4.74 Å². The lowest BCUT2D eigenvalue weighted by molar-refractivity contribution is 0.412. The Labute approximate surface area is 90.7 Å². The average Bonchev–Trinajstić information content (AvgIpc) is 2.59. The van der Waals surface area contributed by atoms with Gasteiger partial charge in [-0.25, -0.2) is 13.4 Å². The summed E-state index contributed by atoms with van der Waals surface area (Å²) in [5.74, 6) is 0.530. The fourth-order valence-electron chi connectivity index (χ4n) is 1.24. The monoisotopic (exact) mass is 246 g/mol. The minimum absolute atomic E-state index is 0.0712. The highest BCUT2D eigenvalue weighted by atomic mass is 35.7. The van der Waals surface area contributed by atoms with E-state index < -0.39 is 9.05 Å². The van der Waals surface area contributed by atoms with Crippen molar-refractivity contribution in [2.75, 3.05) is 7.11 Å². The van der Waals surface area contributed by atoms with Crippen LogP contribution in [0.2, 0.25) is 0 Å². The molecule has 0 bridgehead atoms. The molecule has 0 unspecified atom stereocenters. The molecule has 0 aromatic carbocycles. The molecule has 0 saturated heterocycles. The van der Waals surface area contributed by atoms with Crippen molar-refractivity contribution in [3.63, 3.8) is 0 Å². The fourth-order valence-corrected chi connectivity index (χ4v) is 2.14. The van der Waals surface area contributed by atoms with Crippen molar-refractivity contribution in [2.45, 2.75) is 5.03 Å². The second-order valence-electron chi connectivity index (χ2n) is 2.83. The van der Waals surface area contributed by atoms with E-state index in [1.807, 2.05) is 0 Å². The van der Waals surface area contributed by atoms with Crippen molar-refractivity contribution in [3.05, 3.63) is 24.5 Å². The number of aromatic nitrogens is 2. The fraction of sp³-hybridized carbons (Fsp3) is 0.125. The van der Waals surface area contributed by atoms with Crippen LogP contribution in [0.5, 0.6) is 5.75 Å². The molecule has 0 spiro atoms. The van der Waals surface area contributed by atoms with Crippen molar-refractivity contribution in [1.29, 1.82) is 0 Å². The van der Waals surface area contributed by atoms with E-state index in [4.69, 9.17) is 15.4 Å². The van der Waals surface area contributed by atoms with Crippen LogP contribution >= 0.6 is 10.7 Å². The predicted octanol–water partition coefficient (Wildman–Crippen LogP) is 1.27. The normalized spacial score (nSPS) is 11.9. The Kier molecular flexibility index (Phi) is 2.32. The molecule has 5 nitrogen and oxygen atoms in total. The molecule has 0 atom stereocenters. The zero-order valence-electron chi connectivity index (χ0n) is 7.71. The summed E-state index contributed by atoms with van der Waals surface area (Å²) in [7, 11) is 2.94. The zero-order chi connectivity index (χ0) is 11.1. The summed E-state index contributed by atoms with van der Waals surface area (Å²) in [5.41, 5.74) is 0.495. The Bertz CT molecular complexity index is 605. The molecule has 7 heteroatoms. The highest BCUT2D eigenvalue weighted by Gasteiger charge is 2.16. The molecule has 0 N–H and O–H groups in total. The van der Waals surface area contributed by atoms with Crippen molar-refractivity contribution >= 4 is 25.4 Å². The van der Waals surface area contributed by atoms with E-state index in [9.17, 15) is 8.42 Å². The maximum Gasteiger partial charge on any atom is 0.278 e. The number of nitrogens with zero attached hydrogens (tertiary/aromatic N) is 2. The second kappa shape index (κ2) is 3.39. The summed E-state index contributed by atoms with van der Waals surface area (Å²) in [6.07, 6.45) is 2.72. The van der Waals surface area contributed by atoms with Gasteiger partial charge in [-0.15, -0.1) is 0 Å². The van der Waals surface area contributed by atoms with Gasteiger partial charge in [-0.05, 0) is 12.1 Å². The van der Waals surface area contributed by atoms with Gasteiger partial charge in [-0.3, -0.25) is 4.40 Å². The number of ether oxygens (including phenoxy) is 1. The van der Waals surface area contributed by atoms with Crippen LogP contribution < -0.4 is 4.74 Å². The summed E-state index contributed by atoms with van der Waals surface area (Å²) in [5, 5.41) is -0.0712. The minimum atomic E-state index is -3.79. The van der Waals surface area contributed by atoms with E-state index in [-0.39, 0.29) is 5.03 Å². The van der Waals surface area contributed by atoms with Crippen molar-refractivity contribution < 1.29 is 13.2 Å². The molecule has 2 heterocycles. The Morgan fingerprint density at radius 1 is 1.47 bits per heavy atom. The summed E-state index contributed by atoms with van der Waals surface area (Å²) >= 11 is 0. The van der Waals surface area contributed by atoms with E-state index in [1.165, 1.54) is 23.9 Å². The number of rotatable bonds is 2. The van der Waals surface area contributed by atoms with E-state index in [2.05, 4.69) is 4.98 Å². The van der Waals surface area contributed by atoms with Crippen LogP contribution in [-0.2, 0) is 9.05 Å². The number of methoxy groups -OCH3 is 1. The third-order valence-electron chi connectivity index (χ3n) is 1.93. The number of hydrogen-bond acceptors (Lipinski definition) is 4. The maximum atomic E-state index is 11.2. The largest absolute Gasteiger partial charge is 0.495 e. The number of hydrogen-bond donors (Lipinski definition) is 0. The SMILES string of the molecule is COc1ccc2ncc(S(=O)(=O)Cl)n2c1. The molecule has 2 aromatic heterocycles. The van der Waals surface area contributed by atoms with Crippen LogP contribution in [0.4, 0.5) is 0 Å². The molecular formula is C8H7ClN2O3S. The smallest absolute Gasteiger partial charge is 0.278 e. The first-order valence-electron chi connectivity index (χ1n) is 3.98. The summed E-state index contributed by atoms with van der Waals surface area (Å²) < 4.78 is 28.7. The topological polar surface area (TPSA) is 60.7 Å². The van der Waals surface area contributed by atoms with Gasteiger partial charge in [0.05, 0.1) is 19.5 Å². The van der Waals surface area contributed by atoms with Crippen LogP contribution in [0.3, 0.4) is 0 Å². The lowest BCUT2D eigenvalue weighted by atomic mass is 10.4. The number of imidazole rings is 1. The lowest BCUT2D eigenvalue weighted by Gasteiger charge is -2.01. The highest BCUT2D eigenvalue weighted by molar-refractivity contribution is 8.13. The standard InChI is InChI=1S/C8H7ClN2O3S/c1-14-6-2-3-7-10-4-8(11(7)5-6)15(9,12)13/h2-5H,1H3. The van der Waals surface area contributed by atoms with Crippen molar-refractivity contribution in [2.24, 2.45) is 0 Å². The van der Waals surface area contributed by atoms with Gasteiger partial charge in [0.15, 0.2) is 5.03 Å². The first-order valence-corrected chi connectivity index (χ1v) is 6.29. The first kappa shape index (κ1) is 10.3. The molecule has 0 saturated carbocycles. The molecule has 0 radical (unpaired) electrons. The van der Waals surface area contributed by atoms with E-state index in [0.29, 0.717) is 11.4 Å². The number of halogens is 1. The van der Waals surface area contributed by atoms with Crippen molar-refractivity contribution in [1.82, 2.24) is 9.38 Å². The summed E-state index contributed by atoms with van der Waals surface area (Å²) in [6.45, 7) is 0. The minimum Gasteiger partial charge on any atom is -0.495 e. The van der Waals surface area contributed by atoms with E-state index in [0.717, 1.165) is 0 Å². The van der Waals surface area contributed by atoms with Gasteiger partial charge in [0.25, 0.3) is 9.05 Å². The van der Waals surface area contributed by atoms with E-state index >= 15 is 0 Å². The molecule has 0 fully saturated rings. The summed E-state index contributed by atoms with van der Waals surface area (Å²) in [4.78, 5) is 3.90. The molecule has 0 aliphatic heterocycles. The van der Waals surface area contributed by atoms with Crippen LogP contribution in [0.15, 0.2) is 29.6 Å². The van der Waals surface area contributed by atoms with Gasteiger partial charge in [0, 0.05) is 10.7 Å². The van der Waals surface area contributed by atoms with E-state index in [1.54, 1.807) is 12.1 Å². The molecule has 15 heavy (non-hydrogen) atoms. The maximum absolute atomic E-state index is 11.2. The quantitative estimate of drug-likeness (QED) is 0.749. The Morgan fingerprint density at radius 2 is 2.20 bits per heavy atom. The second-order valence-corrected chi connectivity index (χ2v) is 5.34. The first-order chi connectivity index (χ1) is 7.02. The van der Waals surface area contributed by atoms with Gasteiger partial charge in [-0.2, -0.15) is 0 Å². The Balaban J connectivity index is 2.78. The molecule has 0 amide bonds. The third kappa shape index (κ3) is 1.78. The molecule has 80 valence electrons. The molecule has 0 aliphatic rings. The molecular weight excluding hydrogens is 240 g/mol. The predicted molar refractivity (Wildman–Crippen MR) is 54.8 cm³/mol. The van der Waals surface area contributed by atoms with Gasteiger partial charge in [-0.1, -0.05) is 0 Å². The van der Waals surface area contributed by atoms with Crippen LogP contribution in [-0.4, -0.2) is 24.9 Å². The zero-order valence-corrected chi connectivity index (χ0v) is 9.29. The van der Waals surface area contributed by atoms with Crippen molar-refractivity contribution in [3.8, 4) is 5.75 Å². The number of fused-ring (bicyclic) bond motifs is 1. The highest BCUT2D eigenvalue weighted by Crippen LogP contribution is 2.19. The lowest BCUT2D eigenvalue weighted by Crippen LogP contribution is -1.97.